The molecular weight excluding hydrogens is 313 g/mol. The maximum Gasteiger partial charge on any atom is 0.435 e. The summed E-state index contributed by atoms with van der Waals surface area (Å²) in [5.41, 5.74) is 5.65. The molecule has 126 valence electrons. The Bertz CT molecular complexity index is 684. The molecule has 0 aromatic carbocycles. The molecule has 3 N–H and O–H groups in total. The first-order chi connectivity index (χ1) is 10.7. The van der Waals surface area contributed by atoms with Crippen LogP contribution in [0.15, 0.2) is 12.3 Å². The second-order valence-electron chi connectivity index (χ2n) is 5.07. The first-order valence-electron chi connectivity index (χ1n) is 6.87. The minimum absolute atomic E-state index is 0.250. The second kappa shape index (κ2) is 6.31. The predicted octanol–water partition coefficient (Wildman–Crippen LogP) is 1.35. The number of nitrogens with two attached hydrogens (primary N) is 1. The third kappa shape index (κ3) is 3.82. The van der Waals surface area contributed by atoms with Crippen LogP contribution in [-0.2, 0) is 19.8 Å². The van der Waals surface area contributed by atoms with Gasteiger partial charge in [-0.05, 0) is 19.4 Å². The van der Waals surface area contributed by atoms with Crippen LogP contribution in [0.25, 0.3) is 0 Å². The van der Waals surface area contributed by atoms with Gasteiger partial charge in [-0.1, -0.05) is 0 Å². The summed E-state index contributed by atoms with van der Waals surface area (Å²) in [5.74, 6) is -0.379. The van der Waals surface area contributed by atoms with E-state index in [0.717, 1.165) is 6.07 Å². The number of anilines is 1. The summed E-state index contributed by atoms with van der Waals surface area (Å²) in [5, 5.41) is 10.0. The minimum atomic E-state index is -4.46. The van der Waals surface area contributed by atoms with Crippen molar-refractivity contribution in [2.45, 2.75) is 26.1 Å². The van der Waals surface area contributed by atoms with Crippen molar-refractivity contribution in [3.8, 4) is 0 Å². The van der Waals surface area contributed by atoms with Crippen LogP contribution in [0, 0.1) is 6.92 Å². The largest absolute Gasteiger partial charge is 0.435 e. The molecule has 0 unspecified atom stereocenters. The number of aryl methyl sites for hydroxylation is 3. The van der Waals surface area contributed by atoms with Gasteiger partial charge in [0.05, 0.1) is 11.9 Å². The van der Waals surface area contributed by atoms with Gasteiger partial charge >= 0.3 is 6.18 Å². The molecule has 0 saturated carbocycles. The second-order valence-corrected chi connectivity index (χ2v) is 5.07. The highest BCUT2D eigenvalue weighted by atomic mass is 19.4. The van der Waals surface area contributed by atoms with Crippen molar-refractivity contribution >= 4 is 11.6 Å². The summed E-state index contributed by atoms with van der Waals surface area (Å²) in [6, 6.07) is 0.995. The maximum absolute atomic E-state index is 12.6. The monoisotopic (exact) mass is 330 g/mol. The van der Waals surface area contributed by atoms with E-state index in [9.17, 15) is 18.0 Å². The number of halogens is 3. The van der Waals surface area contributed by atoms with Crippen LogP contribution in [-0.4, -0.2) is 32.0 Å². The third-order valence-electron chi connectivity index (χ3n) is 3.29. The smallest absolute Gasteiger partial charge is 0.396 e. The number of nitrogens with zero attached hydrogens (tertiary/aromatic N) is 4. The molecule has 0 atom stereocenters. The summed E-state index contributed by atoms with van der Waals surface area (Å²) in [4.78, 5) is 11.9. The number of carbonyl (C=O) groups excluding carboxylic acids is 1. The summed E-state index contributed by atoms with van der Waals surface area (Å²) < 4.78 is 40.3. The van der Waals surface area contributed by atoms with E-state index in [-0.39, 0.29) is 30.4 Å². The quantitative estimate of drug-likeness (QED) is 0.810. The molecule has 0 aliphatic rings. The molecule has 0 aliphatic carbocycles. The zero-order valence-electron chi connectivity index (χ0n) is 12.7. The van der Waals surface area contributed by atoms with Gasteiger partial charge in [-0.25, -0.2) is 0 Å². The lowest BCUT2D eigenvalue weighted by atomic mass is 10.3. The zero-order chi connectivity index (χ0) is 17.2. The molecule has 23 heavy (non-hydrogen) atoms. The van der Waals surface area contributed by atoms with Gasteiger partial charge in [0.15, 0.2) is 5.69 Å². The van der Waals surface area contributed by atoms with Crippen molar-refractivity contribution in [3.05, 3.63) is 29.3 Å². The number of aromatic nitrogens is 4. The lowest BCUT2D eigenvalue weighted by Gasteiger charge is -2.07. The maximum atomic E-state index is 12.6. The Kier molecular flexibility index (Phi) is 4.62. The predicted molar refractivity (Wildman–Crippen MR) is 76.5 cm³/mol. The van der Waals surface area contributed by atoms with E-state index < -0.39 is 11.9 Å². The molecule has 1 amide bonds. The Balaban J connectivity index is 1.87. The van der Waals surface area contributed by atoms with Crippen LogP contribution in [0.5, 0.6) is 0 Å². The number of amides is 1. The number of nitrogens with one attached hydrogen (secondary N) is 1. The molecule has 0 aliphatic heterocycles. The Morgan fingerprint density at radius 3 is 2.65 bits per heavy atom. The van der Waals surface area contributed by atoms with Gasteiger partial charge in [-0.3, -0.25) is 14.2 Å². The van der Waals surface area contributed by atoms with Crippen LogP contribution in [0.3, 0.4) is 0 Å². The van der Waals surface area contributed by atoms with E-state index in [0.29, 0.717) is 12.1 Å². The van der Waals surface area contributed by atoms with E-state index in [2.05, 4.69) is 15.5 Å². The van der Waals surface area contributed by atoms with Gasteiger partial charge < -0.3 is 11.1 Å². The summed E-state index contributed by atoms with van der Waals surface area (Å²) in [6.07, 6.45) is -2.65. The standard InChI is InChI=1S/C13H17F3N6O/c1-8-6-10(13(14,15)16)20-22(8)5-3-4-18-12(23)11-9(17)7-19-21(11)2/h6-7H,3-5,17H2,1-2H3,(H,18,23). The fourth-order valence-corrected chi connectivity index (χ4v) is 2.12. The molecule has 0 fully saturated rings. The van der Waals surface area contributed by atoms with Crippen LogP contribution < -0.4 is 11.1 Å². The molecule has 0 spiro atoms. The average molecular weight is 330 g/mol. The van der Waals surface area contributed by atoms with E-state index in [1.165, 1.54) is 15.6 Å². The average Bonchev–Trinajstić information content (AvgIpc) is 2.98. The normalized spacial score (nSPS) is 11.7. The van der Waals surface area contributed by atoms with Crippen LogP contribution >= 0.6 is 0 Å². The Morgan fingerprint density at radius 2 is 2.13 bits per heavy atom. The van der Waals surface area contributed by atoms with Gasteiger partial charge in [0.25, 0.3) is 5.91 Å². The molecule has 0 saturated heterocycles. The summed E-state index contributed by atoms with van der Waals surface area (Å²) in [7, 11) is 1.59. The molecule has 10 heteroatoms. The number of hydrogen-bond acceptors (Lipinski definition) is 4. The van der Waals surface area contributed by atoms with Gasteiger partial charge in [0, 0.05) is 25.8 Å². The fourth-order valence-electron chi connectivity index (χ4n) is 2.12. The first-order valence-corrected chi connectivity index (χ1v) is 6.87. The molecule has 2 rings (SSSR count). The molecule has 2 aromatic rings. The van der Waals surface area contributed by atoms with Crippen molar-refractivity contribution in [3.63, 3.8) is 0 Å². The topological polar surface area (TPSA) is 90.8 Å². The molecule has 2 aromatic heterocycles. The van der Waals surface area contributed by atoms with Crippen LogP contribution in [0.4, 0.5) is 18.9 Å². The lowest BCUT2D eigenvalue weighted by Crippen LogP contribution is -2.28. The van der Waals surface area contributed by atoms with Gasteiger partial charge in [-0.15, -0.1) is 0 Å². The molecule has 0 bridgehead atoms. The van der Waals surface area contributed by atoms with Crippen LogP contribution in [0.1, 0.15) is 28.3 Å². The van der Waals surface area contributed by atoms with Gasteiger partial charge in [0.2, 0.25) is 0 Å². The number of nitrogen functional groups attached to an aromatic ring is 1. The molecule has 7 nitrogen and oxygen atoms in total. The van der Waals surface area contributed by atoms with E-state index in [1.54, 1.807) is 14.0 Å². The van der Waals surface area contributed by atoms with Crippen molar-refractivity contribution in [2.24, 2.45) is 7.05 Å². The summed E-state index contributed by atoms with van der Waals surface area (Å²) >= 11 is 0. The Morgan fingerprint density at radius 1 is 1.43 bits per heavy atom. The fraction of sp³-hybridized carbons (Fsp3) is 0.462. The van der Waals surface area contributed by atoms with Crippen molar-refractivity contribution in [1.82, 2.24) is 24.9 Å². The Hall–Kier alpha value is -2.52. The molecular formula is C13H17F3N6O. The minimum Gasteiger partial charge on any atom is -0.396 e. The number of rotatable bonds is 5. The SMILES string of the molecule is Cc1cc(C(F)(F)F)nn1CCCNC(=O)c1c(N)cnn1C. The first kappa shape index (κ1) is 16.8. The summed E-state index contributed by atoms with van der Waals surface area (Å²) in [6.45, 7) is 2.10. The number of alkyl halides is 3. The highest BCUT2D eigenvalue weighted by Crippen LogP contribution is 2.28. The van der Waals surface area contributed by atoms with Gasteiger partial charge in [0.1, 0.15) is 5.69 Å². The van der Waals surface area contributed by atoms with E-state index >= 15 is 0 Å². The van der Waals surface area contributed by atoms with Crippen molar-refractivity contribution < 1.29 is 18.0 Å². The highest BCUT2D eigenvalue weighted by Gasteiger charge is 2.34. The molecule has 2 heterocycles. The van der Waals surface area contributed by atoms with E-state index in [1.807, 2.05) is 0 Å². The highest BCUT2D eigenvalue weighted by molar-refractivity contribution is 5.97. The number of carbonyl (C=O) groups is 1. The Labute approximate surface area is 130 Å². The van der Waals surface area contributed by atoms with Crippen molar-refractivity contribution in [2.75, 3.05) is 12.3 Å². The zero-order valence-corrected chi connectivity index (χ0v) is 12.7. The van der Waals surface area contributed by atoms with Gasteiger partial charge in [-0.2, -0.15) is 23.4 Å². The number of hydrogen-bond donors (Lipinski definition) is 2. The van der Waals surface area contributed by atoms with E-state index in [4.69, 9.17) is 5.73 Å². The van der Waals surface area contributed by atoms with Crippen molar-refractivity contribution in [1.29, 1.82) is 0 Å². The van der Waals surface area contributed by atoms with Crippen LogP contribution in [0.2, 0.25) is 0 Å². The lowest BCUT2D eigenvalue weighted by molar-refractivity contribution is -0.141. The molecule has 0 radical (unpaired) electrons. The third-order valence-corrected chi connectivity index (χ3v) is 3.29.